The third-order valence-electron chi connectivity index (χ3n) is 6.20. The summed E-state index contributed by atoms with van der Waals surface area (Å²) >= 11 is 0. The molecule has 1 fully saturated rings. The Labute approximate surface area is 171 Å². The average Bonchev–Trinajstić information content (AvgIpc) is 2.72. The summed E-state index contributed by atoms with van der Waals surface area (Å²) in [4.78, 5) is 2.14. The maximum atomic E-state index is 6.10. The van der Waals surface area contributed by atoms with Crippen LogP contribution in [0, 0.1) is 5.92 Å². The van der Waals surface area contributed by atoms with Gasteiger partial charge >= 0.3 is 0 Å². The Kier molecular flexibility index (Phi) is 7.14. The van der Waals surface area contributed by atoms with Crippen molar-refractivity contribution in [1.29, 1.82) is 0 Å². The molecule has 3 heteroatoms. The SMILES string of the molecule is CC(C)[C@H]1C[C@](CCNCc2ccc(N(C)C)cc2)(c2ccccc2)CCO1. The molecule has 1 N–H and O–H groups in total. The number of nitrogens with zero attached hydrogens (tertiary/aromatic N) is 1. The Hall–Kier alpha value is -1.84. The van der Waals surface area contributed by atoms with Crippen LogP contribution in [0.15, 0.2) is 54.6 Å². The number of anilines is 1. The van der Waals surface area contributed by atoms with Gasteiger partial charge in [0.25, 0.3) is 0 Å². The summed E-state index contributed by atoms with van der Waals surface area (Å²) in [5.41, 5.74) is 4.28. The normalized spacial score (nSPS) is 22.4. The first-order chi connectivity index (χ1) is 13.5. The van der Waals surface area contributed by atoms with Crippen LogP contribution in [-0.2, 0) is 16.7 Å². The van der Waals surface area contributed by atoms with Crippen molar-refractivity contribution in [1.82, 2.24) is 5.32 Å². The number of rotatable bonds is 8. The predicted molar refractivity (Wildman–Crippen MR) is 119 cm³/mol. The van der Waals surface area contributed by atoms with Crippen molar-refractivity contribution in [2.24, 2.45) is 5.92 Å². The maximum Gasteiger partial charge on any atom is 0.0606 e. The molecular formula is C25H36N2O. The van der Waals surface area contributed by atoms with E-state index in [-0.39, 0.29) is 5.41 Å². The zero-order valence-corrected chi connectivity index (χ0v) is 17.9. The molecule has 0 saturated carbocycles. The quantitative estimate of drug-likeness (QED) is 0.652. The van der Waals surface area contributed by atoms with Crippen LogP contribution in [0.1, 0.15) is 44.2 Å². The van der Waals surface area contributed by atoms with Crippen molar-refractivity contribution in [3.8, 4) is 0 Å². The third kappa shape index (κ3) is 5.15. The highest BCUT2D eigenvalue weighted by molar-refractivity contribution is 5.45. The summed E-state index contributed by atoms with van der Waals surface area (Å²) in [5, 5.41) is 3.68. The van der Waals surface area contributed by atoms with Gasteiger partial charge in [0.2, 0.25) is 0 Å². The van der Waals surface area contributed by atoms with Gasteiger partial charge in [-0.25, -0.2) is 0 Å². The fourth-order valence-electron chi connectivity index (χ4n) is 4.28. The highest BCUT2D eigenvalue weighted by atomic mass is 16.5. The summed E-state index contributed by atoms with van der Waals surface area (Å²) in [5.74, 6) is 0.562. The Balaban J connectivity index is 1.62. The summed E-state index contributed by atoms with van der Waals surface area (Å²) in [6.45, 7) is 7.37. The molecule has 0 unspecified atom stereocenters. The van der Waals surface area contributed by atoms with Crippen molar-refractivity contribution in [2.75, 3.05) is 32.1 Å². The van der Waals surface area contributed by atoms with Crippen LogP contribution in [0.3, 0.4) is 0 Å². The van der Waals surface area contributed by atoms with Gasteiger partial charge in [0.05, 0.1) is 6.10 Å². The van der Waals surface area contributed by atoms with Gasteiger partial charge in [0.1, 0.15) is 0 Å². The zero-order valence-electron chi connectivity index (χ0n) is 17.9. The number of hydrogen-bond acceptors (Lipinski definition) is 3. The smallest absolute Gasteiger partial charge is 0.0606 e. The van der Waals surface area contributed by atoms with E-state index in [0.29, 0.717) is 12.0 Å². The fraction of sp³-hybridized carbons (Fsp3) is 0.520. The molecule has 1 saturated heterocycles. The lowest BCUT2D eigenvalue weighted by atomic mass is 9.68. The monoisotopic (exact) mass is 380 g/mol. The second kappa shape index (κ2) is 9.58. The molecule has 2 aromatic carbocycles. The van der Waals surface area contributed by atoms with Crippen LogP contribution in [0.4, 0.5) is 5.69 Å². The first-order valence-corrected chi connectivity index (χ1v) is 10.6. The molecule has 3 nitrogen and oxygen atoms in total. The summed E-state index contributed by atoms with van der Waals surface area (Å²) < 4.78 is 6.10. The Morgan fingerprint density at radius 1 is 1.07 bits per heavy atom. The standard InChI is InChI=1S/C25H36N2O/c1-20(2)24-18-25(15-17-28-24,22-8-6-5-7-9-22)14-16-26-19-21-10-12-23(13-11-21)27(3)4/h5-13,20,24,26H,14-19H2,1-4H3/t24-,25-/m1/s1. The first-order valence-electron chi connectivity index (χ1n) is 10.6. The third-order valence-corrected chi connectivity index (χ3v) is 6.20. The number of hydrogen-bond donors (Lipinski definition) is 1. The van der Waals surface area contributed by atoms with E-state index in [0.717, 1.165) is 39.0 Å². The molecule has 1 heterocycles. The van der Waals surface area contributed by atoms with E-state index in [1.54, 1.807) is 0 Å². The van der Waals surface area contributed by atoms with Gasteiger partial charge in [-0.05, 0) is 55.0 Å². The van der Waals surface area contributed by atoms with Crippen molar-refractivity contribution in [3.63, 3.8) is 0 Å². The van der Waals surface area contributed by atoms with Crippen LogP contribution >= 0.6 is 0 Å². The molecule has 0 aromatic heterocycles. The van der Waals surface area contributed by atoms with Crippen molar-refractivity contribution < 1.29 is 4.74 Å². The molecule has 1 aliphatic heterocycles. The second-order valence-electron chi connectivity index (χ2n) is 8.74. The summed E-state index contributed by atoms with van der Waals surface area (Å²) in [6.07, 6.45) is 3.74. The lowest BCUT2D eigenvalue weighted by Crippen LogP contribution is -2.42. The lowest BCUT2D eigenvalue weighted by molar-refractivity contribution is -0.0469. The molecule has 0 aliphatic carbocycles. The largest absolute Gasteiger partial charge is 0.378 e. The van der Waals surface area contributed by atoms with Crippen molar-refractivity contribution >= 4 is 5.69 Å². The van der Waals surface area contributed by atoms with Crippen LogP contribution < -0.4 is 10.2 Å². The van der Waals surface area contributed by atoms with Gasteiger partial charge in [-0.1, -0.05) is 56.3 Å². The molecule has 0 radical (unpaired) electrons. The van der Waals surface area contributed by atoms with Gasteiger partial charge in [-0.2, -0.15) is 0 Å². The topological polar surface area (TPSA) is 24.5 Å². The fourth-order valence-corrected chi connectivity index (χ4v) is 4.28. The van der Waals surface area contributed by atoms with E-state index in [1.807, 2.05) is 0 Å². The molecule has 152 valence electrons. The number of ether oxygens (including phenoxy) is 1. The first kappa shape index (κ1) is 20.9. The van der Waals surface area contributed by atoms with Crippen LogP contribution in [0.2, 0.25) is 0 Å². The van der Waals surface area contributed by atoms with Gasteiger partial charge in [0.15, 0.2) is 0 Å². The molecule has 0 spiro atoms. The van der Waals surface area contributed by atoms with E-state index in [9.17, 15) is 0 Å². The van der Waals surface area contributed by atoms with Gasteiger partial charge < -0.3 is 15.0 Å². The van der Waals surface area contributed by atoms with E-state index in [1.165, 1.54) is 16.8 Å². The molecule has 2 aromatic rings. The minimum absolute atomic E-state index is 0.218. The van der Waals surface area contributed by atoms with Crippen LogP contribution in [0.25, 0.3) is 0 Å². The molecule has 3 rings (SSSR count). The molecule has 0 amide bonds. The number of benzene rings is 2. The highest BCUT2D eigenvalue weighted by Gasteiger charge is 2.38. The second-order valence-corrected chi connectivity index (χ2v) is 8.74. The average molecular weight is 381 g/mol. The van der Waals surface area contributed by atoms with Crippen molar-refractivity contribution in [3.05, 3.63) is 65.7 Å². The Morgan fingerprint density at radius 2 is 1.79 bits per heavy atom. The van der Waals surface area contributed by atoms with E-state index in [2.05, 4.69) is 92.8 Å². The minimum Gasteiger partial charge on any atom is -0.378 e. The van der Waals surface area contributed by atoms with E-state index in [4.69, 9.17) is 4.74 Å². The molecule has 2 atom stereocenters. The Bertz CT molecular complexity index is 711. The minimum atomic E-state index is 0.218. The van der Waals surface area contributed by atoms with Crippen LogP contribution in [0.5, 0.6) is 0 Å². The van der Waals surface area contributed by atoms with Crippen LogP contribution in [-0.4, -0.2) is 33.4 Å². The Morgan fingerprint density at radius 3 is 2.43 bits per heavy atom. The zero-order chi connectivity index (χ0) is 20.0. The highest BCUT2D eigenvalue weighted by Crippen LogP contribution is 2.41. The van der Waals surface area contributed by atoms with Crippen molar-refractivity contribution in [2.45, 2.75) is 51.2 Å². The molecule has 1 aliphatic rings. The molecule has 28 heavy (non-hydrogen) atoms. The number of nitrogens with one attached hydrogen (secondary N) is 1. The maximum absolute atomic E-state index is 6.10. The van der Waals surface area contributed by atoms with E-state index >= 15 is 0 Å². The van der Waals surface area contributed by atoms with E-state index < -0.39 is 0 Å². The van der Waals surface area contributed by atoms with Gasteiger partial charge in [-0.15, -0.1) is 0 Å². The summed E-state index contributed by atoms with van der Waals surface area (Å²) in [7, 11) is 4.16. The lowest BCUT2D eigenvalue weighted by Gasteiger charge is -2.43. The summed E-state index contributed by atoms with van der Waals surface area (Å²) in [6, 6.07) is 19.9. The van der Waals surface area contributed by atoms with Gasteiger partial charge in [0, 0.05) is 38.3 Å². The molecule has 0 bridgehead atoms. The predicted octanol–water partition coefficient (Wildman–Crippen LogP) is 5.01. The molecular weight excluding hydrogens is 344 g/mol. The van der Waals surface area contributed by atoms with Gasteiger partial charge in [-0.3, -0.25) is 0 Å².